The second-order valence-corrected chi connectivity index (χ2v) is 4.19. The number of rotatable bonds is 4. The fourth-order valence-electron chi connectivity index (χ4n) is 0.562. The minimum absolute atomic E-state index is 0.170. The molecule has 0 fully saturated rings. The van der Waals surface area contributed by atoms with Gasteiger partial charge in [-0.25, -0.2) is 4.98 Å². The lowest BCUT2D eigenvalue weighted by Crippen LogP contribution is -1.95. The number of carboxylic acids is 1. The Bertz CT molecular complexity index is 274. The van der Waals surface area contributed by atoms with Gasteiger partial charge in [-0.05, 0) is 18.5 Å². The maximum Gasteiger partial charge on any atom is 0.304 e. The Morgan fingerprint density at radius 1 is 1.75 bits per heavy atom. The second-order valence-electron chi connectivity index (χ2n) is 2.10. The standard InChI is InChI=1S/C6H8N2O2S2/c1-4-7-6(12-8-4)11-3-2-5(9)10/h2-3H2,1H3,(H,9,10). The predicted molar refractivity (Wildman–Crippen MR) is 47.6 cm³/mol. The molecule has 0 unspecified atom stereocenters. The molecule has 0 radical (unpaired) electrons. The van der Waals surface area contributed by atoms with Gasteiger partial charge >= 0.3 is 5.97 Å². The average Bonchev–Trinajstić information content (AvgIpc) is 2.35. The molecule has 12 heavy (non-hydrogen) atoms. The first kappa shape index (κ1) is 9.47. The molecule has 4 nitrogen and oxygen atoms in total. The largest absolute Gasteiger partial charge is 0.481 e. The Hall–Kier alpha value is -0.620. The van der Waals surface area contributed by atoms with Crippen molar-refractivity contribution in [1.29, 1.82) is 0 Å². The normalized spacial score (nSPS) is 10.1. The van der Waals surface area contributed by atoms with E-state index in [1.165, 1.54) is 23.3 Å². The Labute approximate surface area is 78.2 Å². The molecule has 0 amide bonds. The van der Waals surface area contributed by atoms with E-state index in [9.17, 15) is 4.79 Å². The van der Waals surface area contributed by atoms with Crippen molar-refractivity contribution in [3.63, 3.8) is 0 Å². The molecule has 0 saturated heterocycles. The lowest BCUT2D eigenvalue weighted by molar-refractivity contribution is -0.136. The monoisotopic (exact) mass is 204 g/mol. The first-order valence-electron chi connectivity index (χ1n) is 3.33. The lowest BCUT2D eigenvalue weighted by Gasteiger charge is -1.90. The van der Waals surface area contributed by atoms with Gasteiger partial charge in [-0.2, -0.15) is 4.37 Å². The summed E-state index contributed by atoms with van der Waals surface area (Å²) in [5.41, 5.74) is 0. The van der Waals surface area contributed by atoms with Crippen LogP contribution < -0.4 is 0 Å². The number of hydrogen-bond donors (Lipinski definition) is 1. The van der Waals surface area contributed by atoms with E-state index in [2.05, 4.69) is 9.36 Å². The van der Waals surface area contributed by atoms with Crippen LogP contribution in [0.4, 0.5) is 0 Å². The van der Waals surface area contributed by atoms with Gasteiger partial charge in [0.1, 0.15) is 5.82 Å². The zero-order valence-electron chi connectivity index (χ0n) is 6.48. The molecule has 0 aliphatic rings. The van der Waals surface area contributed by atoms with E-state index in [1.807, 2.05) is 6.92 Å². The summed E-state index contributed by atoms with van der Waals surface area (Å²) in [6.07, 6.45) is 0.170. The molecule has 1 heterocycles. The van der Waals surface area contributed by atoms with Crippen molar-refractivity contribution in [1.82, 2.24) is 9.36 Å². The highest BCUT2D eigenvalue weighted by atomic mass is 32.2. The van der Waals surface area contributed by atoms with Gasteiger partial charge < -0.3 is 5.11 Å². The number of carbonyl (C=O) groups is 1. The molecule has 1 aromatic heterocycles. The van der Waals surface area contributed by atoms with Crippen molar-refractivity contribution in [2.24, 2.45) is 0 Å². The highest BCUT2D eigenvalue weighted by Crippen LogP contribution is 2.20. The summed E-state index contributed by atoms with van der Waals surface area (Å²) in [5.74, 6) is 0.533. The zero-order chi connectivity index (χ0) is 8.97. The minimum atomic E-state index is -0.774. The summed E-state index contributed by atoms with van der Waals surface area (Å²) >= 11 is 2.74. The maximum absolute atomic E-state index is 10.1. The lowest BCUT2D eigenvalue weighted by atomic mass is 10.5. The van der Waals surface area contributed by atoms with Crippen LogP contribution in [-0.2, 0) is 4.79 Å². The van der Waals surface area contributed by atoms with Crippen LogP contribution in [0, 0.1) is 6.92 Å². The molecule has 1 N–H and O–H groups in total. The summed E-state index contributed by atoms with van der Waals surface area (Å²) in [6.45, 7) is 1.82. The molecular formula is C6H8N2O2S2. The van der Waals surface area contributed by atoms with E-state index in [0.717, 1.165) is 10.2 Å². The van der Waals surface area contributed by atoms with Crippen LogP contribution in [0.2, 0.25) is 0 Å². The Morgan fingerprint density at radius 3 is 3.00 bits per heavy atom. The Morgan fingerprint density at radius 2 is 2.50 bits per heavy atom. The van der Waals surface area contributed by atoms with Gasteiger partial charge in [0.2, 0.25) is 0 Å². The number of aromatic nitrogens is 2. The SMILES string of the molecule is Cc1nsc(SCCC(=O)O)n1. The molecule has 1 aromatic rings. The summed E-state index contributed by atoms with van der Waals surface area (Å²) in [4.78, 5) is 14.2. The van der Waals surface area contributed by atoms with Gasteiger partial charge in [0.05, 0.1) is 6.42 Å². The summed E-state index contributed by atoms with van der Waals surface area (Å²) in [6, 6.07) is 0. The topological polar surface area (TPSA) is 63.1 Å². The molecule has 0 aromatic carbocycles. The number of aryl methyl sites for hydroxylation is 1. The van der Waals surface area contributed by atoms with Crippen molar-refractivity contribution >= 4 is 29.3 Å². The molecule has 0 atom stereocenters. The predicted octanol–water partition coefficient (Wildman–Crippen LogP) is 1.41. The van der Waals surface area contributed by atoms with Crippen LogP contribution in [0.3, 0.4) is 0 Å². The van der Waals surface area contributed by atoms with Crippen LogP contribution in [0.5, 0.6) is 0 Å². The molecule has 66 valence electrons. The Balaban J connectivity index is 2.29. The number of hydrogen-bond acceptors (Lipinski definition) is 5. The van der Waals surface area contributed by atoms with E-state index >= 15 is 0 Å². The van der Waals surface area contributed by atoms with Gasteiger partial charge in [-0.3, -0.25) is 4.79 Å². The summed E-state index contributed by atoms with van der Waals surface area (Å²) in [7, 11) is 0. The van der Waals surface area contributed by atoms with Crippen molar-refractivity contribution in [2.75, 3.05) is 5.75 Å². The van der Waals surface area contributed by atoms with Crippen LogP contribution in [0.15, 0.2) is 4.34 Å². The van der Waals surface area contributed by atoms with Gasteiger partial charge in [0.15, 0.2) is 4.34 Å². The highest BCUT2D eigenvalue weighted by molar-refractivity contribution is 8.00. The number of nitrogens with zero attached hydrogens (tertiary/aromatic N) is 2. The first-order chi connectivity index (χ1) is 5.68. The highest BCUT2D eigenvalue weighted by Gasteiger charge is 2.02. The van der Waals surface area contributed by atoms with Crippen LogP contribution in [-0.4, -0.2) is 26.2 Å². The summed E-state index contributed by atoms with van der Waals surface area (Å²) < 4.78 is 4.82. The van der Waals surface area contributed by atoms with E-state index in [0.29, 0.717) is 5.75 Å². The molecule has 0 spiro atoms. The number of thioether (sulfide) groups is 1. The fraction of sp³-hybridized carbons (Fsp3) is 0.500. The van der Waals surface area contributed by atoms with E-state index < -0.39 is 5.97 Å². The van der Waals surface area contributed by atoms with Crippen LogP contribution >= 0.6 is 23.3 Å². The zero-order valence-corrected chi connectivity index (χ0v) is 8.11. The first-order valence-corrected chi connectivity index (χ1v) is 5.09. The summed E-state index contributed by atoms with van der Waals surface area (Å²) in [5, 5.41) is 8.35. The smallest absolute Gasteiger partial charge is 0.304 e. The molecule has 0 saturated carbocycles. The van der Waals surface area contributed by atoms with Gasteiger partial charge in [0, 0.05) is 5.75 Å². The Kier molecular flexibility index (Phi) is 3.48. The van der Waals surface area contributed by atoms with Crippen molar-refractivity contribution < 1.29 is 9.90 Å². The maximum atomic E-state index is 10.1. The van der Waals surface area contributed by atoms with Crippen LogP contribution in [0.1, 0.15) is 12.2 Å². The van der Waals surface area contributed by atoms with E-state index in [4.69, 9.17) is 5.11 Å². The van der Waals surface area contributed by atoms with E-state index in [-0.39, 0.29) is 6.42 Å². The van der Waals surface area contributed by atoms with E-state index in [1.54, 1.807) is 0 Å². The number of carboxylic acid groups (broad SMARTS) is 1. The van der Waals surface area contributed by atoms with Gasteiger partial charge in [0.25, 0.3) is 0 Å². The minimum Gasteiger partial charge on any atom is -0.481 e. The molecule has 0 aliphatic heterocycles. The van der Waals surface area contributed by atoms with Gasteiger partial charge in [-0.15, -0.1) is 0 Å². The van der Waals surface area contributed by atoms with Gasteiger partial charge in [-0.1, -0.05) is 11.8 Å². The second kappa shape index (κ2) is 4.42. The number of aliphatic carboxylic acids is 1. The molecule has 1 rings (SSSR count). The molecule has 6 heteroatoms. The van der Waals surface area contributed by atoms with Crippen molar-refractivity contribution in [3.05, 3.63) is 5.82 Å². The molecule has 0 aliphatic carbocycles. The van der Waals surface area contributed by atoms with Crippen molar-refractivity contribution in [3.8, 4) is 0 Å². The third-order valence-electron chi connectivity index (χ3n) is 1.05. The third kappa shape index (κ3) is 3.19. The molecular weight excluding hydrogens is 196 g/mol. The van der Waals surface area contributed by atoms with Crippen LogP contribution in [0.25, 0.3) is 0 Å². The molecule has 0 bridgehead atoms. The van der Waals surface area contributed by atoms with Crippen molar-refractivity contribution in [2.45, 2.75) is 17.7 Å². The quantitative estimate of drug-likeness (QED) is 0.751. The fourth-order valence-corrected chi connectivity index (χ4v) is 2.21. The third-order valence-corrected chi connectivity index (χ3v) is 2.98. The average molecular weight is 204 g/mol.